The maximum atomic E-state index is 13.0. The fourth-order valence-corrected chi connectivity index (χ4v) is 5.87. The lowest BCUT2D eigenvalue weighted by molar-refractivity contribution is 0.0697. The molecule has 0 atom stereocenters. The van der Waals surface area contributed by atoms with Gasteiger partial charge < -0.3 is 15.3 Å². The Morgan fingerprint density at radius 1 is 0.902 bits per heavy atom. The fraction of sp³-hybridized carbons (Fsp3) is 0.303. The summed E-state index contributed by atoms with van der Waals surface area (Å²) in [5.74, 6) is 0.235. The third-order valence-corrected chi connectivity index (χ3v) is 8.04. The number of likely N-dealkylation sites (tertiary alicyclic amines) is 1. The number of nitrogens with one attached hydrogen (secondary N) is 1. The van der Waals surface area contributed by atoms with Crippen molar-refractivity contribution < 1.29 is 9.90 Å². The number of piperidine rings is 1. The van der Waals surface area contributed by atoms with Crippen LogP contribution in [0.25, 0.3) is 5.69 Å². The number of hydrogen-bond acceptors (Lipinski definition) is 5. The molecule has 8 heteroatoms. The minimum atomic E-state index is -1.08. The number of rotatable bonds is 10. The van der Waals surface area contributed by atoms with Crippen molar-refractivity contribution in [2.24, 2.45) is 13.0 Å². The van der Waals surface area contributed by atoms with Crippen LogP contribution in [0.1, 0.15) is 46.7 Å². The summed E-state index contributed by atoms with van der Waals surface area (Å²) in [5.41, 5.74) is 2.25. The van der Waals surface area contributed by atoms with Gasteiger partial charge >= 0.3 is 11.7 Å². The predicted octanol–water partition coefficient (Wildman–Crippen LogP) is 4.58. The highest BCUT2D eigenvalue weighted by atomic mass is 16.4. The van der Waals surface area contributed by atoms with Crippen LogP contribution in [0.3, 0.4) is 0 Å². The van der Waals surface area contributed by atoms with Crippen LogP contribution >= 0.6 is 0 Å². The fourth-order valence-electron chi connectivity index (χ4n) is 5.87. The van der Waals surface area contributed by atoms with Gasteiger partial charge in [0.1, 0.15) is 5.82 Å². The van der Waals surface area contributed by atoms with E-state index in [4.69, 9.17) is 0 Å². The van der Waals surface area contributed by atoms with E-state index in [1.807, 2.05) is 0 Å². The van der Waals surface area contributed by atoms with Gasteiger partial charge in [0.2, 0.25) is 0 Å². The van der Waals surface area contributed by atoms with Crippen LogP contribution in [-0.2, 0) is 7.05 Å². The molecular weight excluding hydrogens is 516 g/mol. The number of anilines is 1. The Morgan fingerprint density at radius 3 is 2.15 bits per heavy atom. The van der Waals surface area contributed by atoms with Crippen LogP contribution in [0.15, 0.2) is 101 Å². The van der Waals surface area contributed by atoms with Gasteiger partial charge in [0, 0.05) is 25.6 Å². The molecule has 0 saturated carbocycles. The Bertz CT molecular complexity index is 1550. The molecule has 41 heavy (non-hydrogen) atoms. The summed E-state index contributed by atoms with van der Waals surface area (Å²) in [7, 11) is 1.41. The molecule has 0 bridgehead atoms. The molecule has 2 N–H and O–H groups in total. The second-order valence-corrected chi connectivity index (χ2v) is 10.7. The first-order chi connectivity index (χ1) is 19.9. The molecular formula is C33H36N4O4. The number of carbonyl (C=O) groups is 1. The van der Waals surface area contributed by atoms with Crippen molar-refractivity contribution >= 4 is 11.8 Å². The van der Waals surface area contributed by atoms with E-state index in [0.717, 1.165) is 43.5 Å². The van der Waals surface area contributed by atoms with Crippen molar-refractivity contribution in [1.29, 1.82) is 0 Å². The lowest BCUT2D eigenvalue weighted by Crippen LogP contribution is -2.38. The summed E-state index contributed by atoms with van der Waals surface area (Å²) in [4.78, 5) is 39.4. The van der Waals surface area contributed by atoms with Crippen LogP contribution in [0.2, 0.25) is 0 Å². The molecule has 1 fully saturated rings. The SMILES string of the molecule is Cn1c(=O)cc(NCCCN2CCC(C(c3ccccc3)c3ccccc3)CC2)n(-c2cccc(C(=O)O)c2)c1=O. The molecule has 0 unspecified atom stereocenters. The van der Waals surface area contributed by atoms with E-state index in [0.29, 0.717) is 29.9 Å². The Labute approximate surface area is 239 Å². The van der Waals surface area contributed by atoms with Gasteiger partial charge in [0.05, 0.1) is 11.3 Å². The van der Waals surface area contributed by atoms with Crippen LogP contribution in [0.4, 0.5) is 5.82 Å². The van der Waals surface area contributed by atoms with Gasteiger partial charge in [-0.1, -0.05) is 66.7 Å². The van der Waals surface area contributed by atoms with Crippen LogP contribution in [-0.4, -0.2) is 51.3 Å². The average molecular weight is 553 g/mol. The monoisotopic (exact) mass is 552 g/mol. The molecule has 0 spiro atoms. The highest BCUT2D eigenvalue weighted by Gasteiger charge is 2.28. The third-order valence-electron chi connectivity index (χ3n) is 8.04. The molecule has 4 aromatic rings. The van der Waals surface area contributed by atoms with E-state index < -0.39 is 17.2 Å². The molecule has 3 aromatic carbocycles. The zero-order valence-corrected chi connectivity index (χ0v) is 23.3. The maximum Gasteiger partial charge on any atom is 0.336 e. The normalized spacial score (nSPS) is 14.3. The quantitative estimate of drug-likeness (QED) is 0.280. The molecule has 1 saturated heterocycles. The Morgan fingerprint density at radius 2 is 1.54 bits per heavy atom. The second kappa shape index (κ2) is 12.8. The molecule has 0 radical (unpaired) electrons. The van der Waals surface area contributed by atoms with Gasteiger partial charge in [-0.2, -0.15) is 0 Å². The summed E-state index contributed by atoms with van der Waals surface area (Å²) >= 11 is 0. The molecule has 1 aromatic heterocycles. The minimum absolute atomic E-state index is 0.0689. The van der Waals surface area contributed by atoms with E-state index in [2.05, 4.69) is 70.9 Å². The first-order valence-corrected chi connectivity index (χ1v) is 14.2. The molecule has 212 valence electrons. The predicted molar refractivity (Wildman–Crippen MR) is 161 cm³/mol. The molecule has 5 rings (SSSR count). The number of aromatic nitrogens is 2. The number of aromatic carboxylic acids is 1. The zero-order valence-electron chi connectivity index (χ0n) is 23.3. The Kier molecular flexibility index (Phi) is 8.79. The zero-order chi connectivity index (χ0) is 28.8. The first-order valence-electron chi connectivity index (χ1n) is 14.2. The lowest BCUT2D eigenvalue weighted by Gasteiger charge is -2.36. The molecule has 2 heterocycles. The van der Waals surface area contributed by atoms with Crippen LogP contribution in [0.5, 0.6) is 0 Å². The number of carboxylic acids is 1. The number of hydrogen-bond donors (Lipinski definition) is 2. The van der Waals surface area contributed by atoms with Crippen molar-refractivity contribution in [2.45, 2.75) is 25.2 Å². The van der Waals surface area contributed by atoms with E-state index in [9.17, 15) is 19.5 Å². The molecule has 8 nitrogen and oxygen atoms in total. The smallest absolute Gasteiger partial charge is 0.336 e. The number of carboxylic acid groups (broad SMARTS) is 1. The highest BCUT2D eigenvalue weighted by molar-refractivity contribution is 5.88. The second-order valence-electron chi connectivity index (χ2n) is 10.7. The molecule has 0 aliphatic carbocycles. The van der Waals surface area contributed by atoms with Crippen molar-refractivity contribution in [3.8, 4) is 5.69 Å². The van der Waals surface area contributed by atoms with Crippen LogP contribution in [0, 0.1) is 5.92 Å². The van der Waals surface area contributed by atoms with Crippen molar-refractivity contribution in [3.63, 3.8) is 0 Å². The van der Waals surface area contributed by atoms with Gasteiger partial charge in [-0.25, -0.2) is 14.2 Å². The topological polar surface area (TPSA) is 96.6 Å². The summed E-state index contributed by atoms with van der Waals surface area (Å²) < 4.78 is 2.37. The van der Waals surface area contributed by atoms with E-state index in [-0.39, 0.29) is 5.56 Å². The van der Waals surface area contributed by atoms with Gasteiger partial charge in [-0.15, -0.1) is 0 Å². The number of benzene rings is 3. The summed E-state index contributed by atoms with van der Waals surface area (Å²) in [6.07, 6.45) is 3.08. The first kappa shape index (κ1) is 28.1. The Balaban J connectivity index is 1.21. The van der Waals surface area contributed by atoms with E-state index in [1.54, 1.807) is 12.1 Å². The van der Waals surface area contributed by atoms with E-state index in [1.165, 1.54) is 40.9 Å². The van der Waals surface area contributed by atoms with Gasteiger partial charge in [0.15, 0.2) is 0 Å². The van der Waals surface area contributed by atoms with Crippen molar-refractivity contribution in [3.05, 3.63) is 129 Å². The van der Waals surface area contributed by atoms with Gasteiger partial charge in [-0.05, 0) is 74.1 Å². The largest absolute Gasteiger partial charge is 0.478 e. The highest BCUT2D eigenvalue weighted by Crippen LogP contribution is 2.37. The maximum absolute atomic E-state index is 13.0. The van der Waals surface area contributed by atoms with Gasteiger partial charge in [-0.3, -0.25) is 9.36 Å². The van der Waals surface area contributed by atoms with Crippen LogP contribution < -0.4 is 16.6 Å². The molecule has 1 aliphatic heterocycles. The summed E-state index contributed by atoms with van der Waals surface area (Å²) in [6, 6.07) is 29.1. The molecule has 1 aliphatic rings. The standard InChI is InChI=1S/C33H36N4O4/c1-35-30(38)23-29(37(33(35)41)28-15-8-14-27(22-28)32(39)40)34-18-9-19-36-20-16-26(17-21-36)31(24-10-4-2-5-11-24)25-12-6-3-7-13-25/h2-8,10-15,22-23,26,31,34H,9,16-21H2,1H3,(H,39,40). The average Bonchev–Trinajstić information content (AvgIpc) is 3.00. The third kappa shape index (κ3) is 6.49. The number of nitrogens with zero attached hydrogens (tertiary/aromatic N) is 3. The summed E-state index contributed by atoms with van der Waals surface area (Å²) in [6.45, 7) is 3.53. The van der Waals surface area contributed by atoms with Gasteiger partial charge in [0.25, 0.3) is 5.56 Å². The Hall–Kier alpha value is -4.43. The molecule has 0 amide bonds. The summed E-state index contributed by atoms with van der Waals surface area (Å²) in [5, 5.41) is 12.6. The van der Waals surface area contributed by atoms with Crippen molar-refractivity contribution in [2.75, 3.05) is 31.5 Å². The van der Waals surface area contributed by atoms with Crippen molar-refractivity contribution in [1.82, 2.24) is 14.0 Å². The lowest BCUT2D eigenvalue weighted by atomic mass is 9.76. The minimum Gasteiger partial charge on any atom is -0.478 e. The van der Waals surface area contributed by atoms with E-state index >= 15 is 0 Å².